The fourth-order valence-corrected chi connectivity index (χ4v) is 2.08. The Bertz CT molecular complexity index is 338. The zero-order chi connectivity index (χ0) is 11.5. The van der Waals surface area contributed by atoms with E-state index in [2.05, 4.69) is 14.9 Å². The lowest BCUT2D eigenvalue weighted by atomic mass is 10.0. The van der Waals surface area contributed by atoms with E-state index < -0.39 is 0 Å². The van der Waals surface area contributed by atoms with Crippen molar-refractivity contribution < 1.29 is 5.11 Å². The Balaban J connectivity index is 1.89. The largest absolute Gasteiger partial charge is 0.393 e. The molecule has 0 aromatic carbocycles. The summed E-state index contributed by atoms with van der Waals surface area (Å²) in [4.78, 5) is 10.5. The summed E-state index contributed by atoms with van der Waals surface area (Å²) in [6.07, 6.45) is 4.13. The van der Waals surface area contributed by atoms with Crippen molar-refractivity contribution in [1.82, 2.24) is 14.9 Å². The fourth-order valence-electron chi connectivity index (χ4n) is 2.08. The van der Waals surface area contributed by atoms with Gasteiger partial charge in [-0.2, -0.15) is 0 Å². The first-order chi connectivity index (χ1) is 7.65. The summed E-state index contributed by atoms with van der Waals surface area (Å²) < 4.78 is 0. The van der Waals surface area contributed by atoms with Gasteiger partial charge in [0.15, 0.2) is 0 Å². The van der Waals surface area contributed by atoms with Crippen LogP contribution in [0, 0.1) is 5.92 Å². The molecular weight excluding hydrogens is 204 g/mol. The van der Waals surface area contributed by atoms with Gasteiger partial charge in [-0.15, -0.1) is 0 Å². The van der Waals surface area contributed by atoms with Crippen molar-refractivity contribution in [3.63, 3.8) is 0 Å². The number of hydrogen-bond acceptors (Lipinski definition) is 5. The zero-order valence-electron chi connectivity index (χ0n) is 9.50. The van der Waals surface area contributed by atoms with Gasteiger partial charge in [0.1, 0.15) is 5.82 Å². The number of nitrogens with two attached hydrogens (primary N) is 1. The standard InChI is InChI=1S/C11H18N4O/c1-8(16)9-2-3-15(6-9)7-10-4-14-11(12)5-13-10/h4-5,8-9,16H,2-3,6-7H2,1H3,(H2,12,14). The molecular formula is C11H18N4O. The monoisotopic (exact) mass is 222 g/mol. The summed E-state index contributed by atoms with van der Waals surface area (Å²) in [5.74, 6) is 0.841. The Kier molecular flexibility index (Phi) is 3.36. The maximum Gasteiger partial charge on any atom is 0.141 e. The maximum atomic E-state index is 9.50. The zero-order valence-corrected chi connectivity index (χ0v) is 9.50. The molecule has 1 aliphatic rings. The lowest BCUT2D eigenvalue weighted by Crippen LogP contribution is -2.24. The van der Waals surface area contributed by atoms with Crippen LogP contribution in [0.4, 0.5) is 5.82 Å². The van der Waals surface area contributed by atoms with Gasteiger partial charge in [-0.05, 0) is 25.8 Å². The summed E-state index contributed by atoms with van der Waals surface area (Å²) in [5.41, 5.74) is 6.41. The highest BCUT2D eigenvalue weighted by molar-refractivity contribution is 5.22. The fraction of sp³-hybridized carbons (Fsp3) is 0.636. The van der Waals surface area contributed by atoms with Gasteiger partial charge in [-0.1, -0.05) is 0 Å². The molecule has 88 valence electrons. The van der Waals surface area contributed by atoms with Crippen LogP contribution in [0.15, 0.2) is 12.4 Å². The molecule has 1 aromatic rings. The number of aliphatic hydroxyl groups excluding tert-OH is 1. The lowest BCUT2D eigenvalue weighted by molar-refractivity contribution is 0.127. The Labute approximate surface area is 95.3 Å². The van der Waals surface area contributed by atoms with Crippen molar-refractivity contribution in [3.8, 4) is 0 Å². The van der Waals surface area contributed by atoms with Gasteiger partial charge in [-0.3, -0.25) is 9.88 Å². The summed E-state index contributed by atoms with van der Waals surface area (Å²) in [6, 6.07) is 0. The Morgan fingerprint density at radius 1 is 1.56 bits per heavy atom. The Hall–Kier alpha value is -1.20. The molecule has 2 unspecified atom stereocenters. The van der Waals surface area contributed by atoms with Crippen LogP contribution in [-0.4, -0.2) is 39.2 Å². The van der Waals surface area contributed by atoms with Crippen LogP contribution in [-0.2, 0) is 6.54 Å². The van der Waals surface area contributed by atoms with E-state index in [1.54, 1.807) is 12.4 Å². The number of hydrogen-bond donors (Lipinski definition) is 2. The average Bonchev–Trinajstić information content (AvgIpc) is 2.70. The van der Waals surface area contributed by atoms with E-state index in [4.69, 9.17) is 5.73 Å². The van der Waals surface area contributed by atoms with Crippen molar-refractivity contribution in [1.29, 1.82) is 0 Å². The molecule has 0 amide bonds. The second-order valence-corrected chi connectivity index (χ2v) is 4.46. The quantitative estimate of drug-likeness (QED) is 0.767. The molecule has 5 heteroatoms. The van der Waals surface area contributed by atoms with Crippen LogP contribution in [0.25, 0.3) is 0 Å². The summed E-state index contributed by atoms with van der Waals surface area (Å²) in [5, 5.41) is 9.50. The van der Waals surface area contributed by atoms with Gasteiger partial charge in [0, 0.05) is 13.1 Å². The molecule has 0 radical (unpaired) electrons. The molecule has 16 heavy (non-hydrogen) atoms. The van der Waals surface area contributed by atoms with Crippen molar-refractivity contribution in [3.05, 3.63) is 18.1 Å². The first-order valence-electron chi connectivity index (χ1n) is 5.62. The van der Waals surface area contributed by atoms with Crippen LogP contribution >= 0.6 is 0 Å². The van der Waals surface area contributed by atoms with Crippen LogP contribution in [0.2, 0.25) is 0 Å². The highest BCUT2D eigenvalue weighted by atomic mass is 16.3. The second-order valence-electron chi connectivity index (χ2n) is 4.46. The molecule has 2 heterocycles. The van der Waals surface area contributed by atoms with Gasteiger partial charge < -0.3 is 10.8 Å². The SMILES string of the molecule is CC(O)C1CCN(Cc2cnc(N)cn2)C1. The molecule has 5 nitrogen and oxygen atoms in total. The molecule has 3 N–H and O–H groups in total. The Morgan fingerprint density at radius 3 is 2.94 bits per heavy atom. The topological polar surface area (TPSA) is 75.3 Å². The predicted octanol–water partition coefficient (Wildman–Crippen LogP) is 0.261. The van der Waals surface area contributed by atoms with E-state index >= 15 is 0 Å². The number of likely N-dealkylation sites (tertiary alicyclic amines) is 1. The molecule has 0 aliphatic carbocycles. The third-order valence-corrected chi connectivity index (χ3v) is 3.10. The highest BCUT2D eigenvalue weighted by Crippen LogP contribution is 2.20. The molecule has 1 aromatic heterocycles. The first-order valence-corrected chi connectivity index (χ1v) is 5.62. The minimum atomic E-state index is -0.220. The van der Waals surface area contributed by atoms with E-state index in [0.29, 0.717) is 11.7 Å². The third kappa shape index (κ3) is 2.68. The maximum absolute atomic E-state index is 9.50. The second kappa shape index (κ2) is 4.76. The van der Waals surface area contributed by atoms with Crippen molar-refractivity contribution in [2.24, 2.45) is 5.92 Å². The third-order valence-electron chi connectivity index (χ3n) is 3.10. The summed E-state index contributed by atoms with van der Waals surface area (Å²) in [7, 11) is 0. The lowest BCUT2D eigenvalue weighted by Gasteiger charge is -2.16. The van der Waals surface area contributed by atoms with E-state index in [1.165, 1.54) is 0 Å². The van der Waals surface area contributed by atoms with Crippen LogP contribution in [0.5, 0.6) is 0 Å². The van der Waals surface area contributed by atoms with Crippen LogP contribution in [0.3, 0.4) is 0 Å². The minimum Gasteiger partial charge on any atom is -0.393 e. The van der Waals surface area contributed by atoms with E-state index in [0.717, 1.165) is 31.7 Å². The number of aromatic nitrogens is 2. The van der Waals surface area contributed by atoms with Gasteiger partial charge in [-0.25, -0.2) is 4.98 Å². The van der Waals surface area contributed by atoms with Crippen molar-refractivity contribution >= 4 is 5.82 Å². The van der Waals surface area contributed by atoms with E-state index in [-0.39, 0.29) is 6.10 Å². The molecule has 0 bridgehead atoms. The first kappa shape index (κ1) is 11.3. The number of nitrogen functional groups attached to an aromatic ring is 1. The average molecular weight is 222 g/mol. The molecule has 1 saturated heterocycles. The predicted molar refractivity (Wildman–Crippen MR) is 61.5 cm³/mol. The smallest absolute Gasteiger partial charge is 0.141 e. The highest BCUT2D eigenvalue weighted by Gasteiger charge is 2.25. The molecule has 0 spiro atoms. The molecule has 1 fully saturated rings. The summed E-state index contributed by atoms with van der Waals surface area (Å²) >= 11 is 0. The molecule has 0 saturated carbocycles. The van der Waals surface area contributed by atoms with Crippen molar-refractivity contribution in [2.75, 3.05) is 18.8 Å². The molecule has 2 atom stereocenters. The number of aliphatic hydroxyl groups is 1. The van der Waals surface area contributed by atoms with Gasteiger partial charge in [0.05, 0.1) is 24.2 Å². The number of rotatable bonds is 3. The normalized spacial score (nSPS) is 23.5. The van der Waals surface area contributed by atoms with Gasteiger partial charge >= 0.3 is 0 Å². The summed E-state index contributed by atoms with van der Waals surface area (Å²) in [6.45, 7) is 4.60. The van der Waals surface area contributed by atoms with Gasteiger partial charge in [0.2, 0.25) is 0 Å². The van der Waals surface area contributed by atoms with Gasteiger partial charge in [0.25, 0.3) is 0 Å². The number of anilines is 1. The van der Waals surface area contributed by atoms with Crippen molar-refractivity contribution in [2.45, 2.75) is 26.0 Å². The van der Waals surface area contributed by atoms with Crippen LogP contribution in [0.1, 0.15) is 19.0 Å². The van der Waals surface area contributed by atoms with E-state index in [1.807, 2.05) is 6.92 Å². The molecule has 2 rings (SSSR count). The van der Waals surface area contributed by atoms with Crippen LogP contribution < -0.4 is 5.73 Å². The minimum absolute atomic E-state index is 0.220. The Morgan fingerprint density at radius 2 is 2.38 bits per heavy atom. The molecule has 1 aliphatic heterocycles. The number of nitrogens with zero attached hydrogens (tertiary/aromatic N) is 3. The van der Waals surface area contributed by atoms with E-state index in [9.17, 15) is 5.11 Å².